The zero-order valence-electron chi connectivity index (χ0n) is 13.7. The van der Waals surface area contributed by atoms with Crippen LogP contribution in [0.4, 0.5) is 0 Å². The predicted octanol–water partition coefficient (Wildman–Crippen LogP) is 4.17. The molecular weight excluding hydrogens is 290 g/mol. The molecule has 2 aromatic rings. The molecule has 120 valence electrons. The molecule has 0 bridgehead atoms. The summed E-state index contributed by atoms with van der Waals surface area (Å²) in [6.45, 7) is 6.00. The molecule has 0 saturated carbocycles. The lowest BCUT2D eigenvalue weighted by Crippen LogP contribution is -2.09. The highest BCUT2D eigenvalue weighted by Crippen LogP contribution is 2.26. The number of aromatic nitrogens is 1. The molecule has 4 nitrogen and oxygen atoms in total. The van der Waals surface area contributed by atoms with E-state index in [1.54, 1.807) is 0 Å². The Morgan fingerprint density at radius 3 is 2.52 bits per heavy atom. The second-order valence-corrected chi connectivity index (χ2v) is 5.27. The number of allylic oxidation sites excluding steroid dienone is 2. The van der Waals surface area contributed by atoms with Crippen molar-refractivity contribution in [2.75, 3.05) is 0 Å². The monoisotopic (exact) mass is 311 g/mol. The highest BCUT2D eigenvalue weighted by molar-refractivity contribution is 6.00. The number of ether oxygens (including phenoxy) is 1. The fourth-order valence-corrected chi connectivity index (χ4v) is 2.51. The standard InChI is InChI=1S/C19H21NO3/c1-4-13(3)18-15(5-2)17(16(11-21)20-18)19(22)23-12-14-9-7-6-8-10-14/h4,6-11,20H,5,12H2,1-3H3/b13-4+. The smallest absolute Gasteiger partial charge is 0.341 e. The summed E-state index contributed by atoms with van der Waals surface area (Å²) >= 11 is 0. The van der Waals surface area contributed by atoms with Crippen LogP contribution in [-0.4, -0.2) is 17.2 Å². The molecule has 0 aliphatic rings. The normalized spacial score (nSPS) is 11.3. The Hall–Kier alpha value is -2.62. The van der Waals surface area contributed by atoms with Gasteiger partial charge in [-0.1, -0.05) is 43.3 Å². The average molecular weight is 311 g/mol. The summed E-state index contributed by atoms with van der Waals surface area (Å²) in [5.74, 6) is -0.473. The molecule has 0 spiro atoms. The Labute approximate surface area is 136 Å². The van der Waals surface area contributed by atoms with Crippen LogP contribution in [0.1, 0.15) is 58.4 Å². The summed E-state index contributed by atoms with van der Waals surface area (Å²) in [6.07, 6.45) is 3.25. The molecule has 2 rings (SSSR count). The minimum atomic E-state index is -0.473. The highest BCUT2D eigenvalue weighted by Gasteiger charge is 2.23. The minimum Gasteiger partial charge on any atom is -0.457 e. The van der Waals surface area contributed by atoms with Crippen LogP contribution in [0, 0.1) is 0 Å². The molecule has 0 aliphatic carbocycles. The lowest BCUT2D eigenvalue weighted by molar-refractivity contribution is 0.0470. The Morgan fingerprint density at radius 1 is 1.26 bits per heavy atom. The van der Waals surface area contributed by atoms with Crippen LogP contribution in [0.5, 0.6) is 0 Å². The molecule has 0 unspecified atom stereocenters. The van der Waals surface area contributed by atoms with Gasteiger partial charge in [-0.25, -0.2) is 4.79 Å². The molecule has 1 aromatic heterocycles. The number of hydrogen-bond acceptors (Lipinski definition) is 3. The average Bonchev–Trinajstić information content (AvgIpc) is 2.98. The van der Waals surface area contributed by atoms with Gasteiger partial charge in [-0.05, 0) is 37.0 Å². The molecule has 1 heterocycles. The summed E-state index contributed by atoms with van der Waals surface area (Å²) in [4.78, 5) is 26.9. The Morgan fingerprint density at radius 2 is 1.96 bits per heavy atom. The van der Waals surface area contributed by atoms with Gasteiger partial charge in [0.1, 0.15) is 6.61 Å². The van der Waals surface area contributed by atoms with Crippen LogP contribution in [0.25, 0.3) is 5.57 Å². The van der Waals surface area contributed by atoms with Gasteiger partial charge in [-0.15, -0.1) is 0 Å². The van der Waals surface area contributed by atoms with Crippen molar-refractivity contribution in [2.24, 2.45) is 0 Å². The minimum absolute atomic E-state index is 0.185. The Kier molecular flexibility index (Phi) is 5.52. The Balaban J connectivity index is 2.31. The first-order valence-corrected chi connectivity index (χ1v) is 7.66. The van der Waals surface area contributed by atoms with Gasteiger partial charge in [-0.2, -0.15) is 0 Å². The lowest BCUT2D eigenvalue weighted by atomic mass is 10.0. The first-order chi connectivity index (χ1) is 11.1. The van der Waals surface area contributed by atoms with E-state index in [0.29, 0.717) is 18.3 Å². The molecule has 0 amide bonds. The highest BCUT2D eigenvalue weighted by atomic mass is 16.5. The second-order valence-electron chi connectivity index (χ2n) is 5.27. The molecule has 0 saturated heterocycles. The first kappa shape index (κ1) is 16.7. The summed E-state index contributed by atoms with van der Waals surface area (Å²) in [7, 11) is 0. The van der Waals surface area contributed by atoms with Gasteiger partial charge in [0.25, 0.3) is 0 Å². The van der Waals surface area contributed by atoms with E-state index in [2.05, 4.69) is 4.98 Å². The van der Waals surface area contributed by atoms with E-state index < -0.39 is 5.97 Å². The topological polar surface area (TPSA) is 59.2 Å². The molecule has 0 aliphatic heterocycles. The van der Waals surface area contributed by atoms with E-state index in [0.717, 1.165) is 22.4 Å². The number of aromatic amines is 1. The zero-order chi connectivity index (χ0) is 16.8. The maximum atomic E-state index is 12.5. The molecular formula is C19H21NO3. The number of nitrogens with one attached hydrogen (secondary N) is 1. The van der Waals surface area contributed by atoms with E-state index >= 15 is 0 Å². The van der Waals surface area contributed by atoms with E-state index in [4.69, 9.17) is 4.74 Å². The van der Waals surface area contributed by atoms with Crippen LogP contribution >= 0.6 is 0 Å². The molecule has 0 atom stereocenters. The molecule has 0 fully saturated rings. The largest absolute Gasteiger partial charge is 0.457 e. The maximum Gasteiger partial charge on any atom is 0.341 e. The van der Waals surface area contributed by atoms with Gasteiger partial charge in [0.2, 0.25) is 0 Å². The van der Waals surface area contributed by atoms with Gasteiger partial charge in [-0.3, -0.25) is 4.79 Å². The summed E-state index contributed by atoms with van der Waals surface area (Å²) in [5, 5.41) is 0. The first-order valence-electron chi connectivity index (χ1n) is 7.66. The number of carbonyl (C=O) groups excluding carboxylic acids is 2. The number of carbonyl (C=O) groups is 2. The molecule has 0 radical (unpaired) electrons. The Bertz CT molecular complexity index is 727. The summed E-state index contributed by atoms with van der Waals surface area (Å²) in [6, 6.07) is 9.47. The number of esters is 1. The van der Waals surface area contributed by atoms with Crippen molar-refractivity contribution in [3.05, 3.63) is 64.5 Å². The van der Waals surface area contributed by atoms with Gasteiger partial charge < -0.3 is 9.72 Å². The van der Waals surface area contributed by atoms with Crippen LogP contribution in [0.15, 0.2) is 36.4 Å². The van der Waals surface area contributed by atoms with Crippen LogP contribution in [0.3, 0.4) is 0 Å². The molecule has 4 heteroatoms. The molecule has 1 N–H and O–H groups in total. The molecule has 1 aromatic carbocycles. The van der Waals surface area contributed by atoms with Gasteiger partial charge in [0.05, 0.1) is 11.3 Å². The van der Waals surface area contributed by atoms with E-state index in [9.17, 15) is 9.59 Å². The van der Waals surface area contributed by atoms with Gasteiger partial charge >= 0.3 is 5.97 Å². The van der Waals surface area contributed by atoms with Crippen molar-refractivity contribution in [3.63, 3.8) is 0 Å². The SMILES string of the molecule is C/C=C(\C)c1[nH]c(C=O)c(C(=O)OCc2ccccc2)c1CC. The number of hydrogen-bond donors (Lipinski definition) is 1. The number of rotatable bonds is 6. The van der Waals surface area contributed by atoms with Crippen molar-refractivity contribution in [1.82, 2.24) is 4.98 Å². The van der Waals surface area contributed by atoms with Crippen LogP contribution in [0.2, 0.25) is 0 Å². The second kappa shape index (κ2) is 7.58. The van der Waals surface area contributed by atoms with Crippen molar-refractivity contribution in [2.45, 2.75) is 33.8 Å². The van der Waals surface area contributed by atoms with Crippen LogP contribution in [-0.2, 0) is 17.8 Å². The third kappa shape index (κ3) is 3.59. The third-order valence-corrected chi connectivity index (χ3v) is 3.85. The predicted molar refractivity (Wildman–Crippen MR) is 90.4 cm³/mol. The van der Waals surface area contributed by atoms with Crippen molar-refractivity contribution in [3.8, 4) is 0 Å². The summed E-state index contributed by atoms with van der Waals surface area (Å²) in [5.41, 5.74) is 4.16. The van der Waals surface area contributed by atoms with Gasteiger partial charge in [0.15, 0.2) is 6.29 Å². The van der Waals surface area contributed by atoms with Crippen molar-refractivity contribution >= 4 is 17.8 Å². The molecule has 23 heavy (non-hydrogen) atoms. The fourth-order valence-electron chi connectivity index (χ4n) is 2.51. The number of H-pyrrole nitrogens is 1. The van der Waals surface area contributed by atoms with Gasteiger partial charge in [0, 0.05) is 5.69 Å². The zero-order valence-corrected chi connectivity index (χ0v) is 13.7. The van der Waals surface area contributed by atoms with Crippen molar-refractivity contribution in [1.29, 1.82) is 0 Å². The van der Waals surface area contributed by atoms with Crippen LogP contribution < -0.4 is 0 Å². The van der Waals surface area contributed by atoms with Crippen molar-refractivity contribution < 1.29 is 14.3 Å². The third-order valence-electron chi connectivity index (χ3n) is 3.85. The number of benzene rings is 1. The number of aldehydes is 1. The van der Waals surface area contributed by atoms with E-state index in [-0.39, 0.29) is 12.3 Å². The maximum absolute atomic E-state index is 12.5. The van der Waals surface area contributed by atoms with E-state index in [1.807, 2.05) is 57.2 Å². The fraction of sp³-hybridized carbons (Fsp3) is 0.263. The summed E-state index contributed by atoms with van der Waals surface area (Å²) < 4.78 is 5.39. The quantitative estimate of drug-likeness (QED) is 0.643. The lowest BCUT2D eigenvalue weighted by Gasteiger charge is -2.07. The van der Waals surface area contributed by atoms with E-state index in [1.165, 1.54) is 0 Å².